The summed E-state index contributed by atoms with van der Waals surface area (Å²) in [6, 6.07) is 39.9. The van der Waals surface area contributed by atoms with Gasteiger partial charge in [0.05, 0.1) is 24.0 Å². The van der Waals surface area contributed by atoms with E-state index in [1.165, 1.54) is 0 Å². The van der Waals surface area contributed by atoms with Crippen molar-refractivity contribution in [3.05, 3.63) is 144 Å². The van der Waals surface area contributed by atoms with Gasteiger partial charge in [-0.3, -0.25) is 4.79 Å². The molecule has 0 radical (unpaired) electrons. The van der Waals surface area contributed by atoms with Crippen LogP contribution in [-0.4, -0.2) is 72.8 Å². The maximum Gasteiger partial charge on any atom is 0.407 e. The first-order valence-corrected chi connectivity index (χ1v) is 21.0. The molecule has 0 bridgehead atoms. The van der Waals surface area contributed by atoms with Crippen LogP contribution in [0.4, 0.5) is 4.79 Å². The molecular formula is C47H59N3O6S. The fourth-order valence-electron chi connectivity index (χ4n) is 7.02. The maximum absolute atomic E-state index is 13.9. The van der Waals surface area contributed by atoms with E-state index in [-0.39, 0.29) is 37.1 Å². The third kappa shape index (κ3) is 11.9. The van der Waals surface area contributed by atoms with Crippen molar-refractivity contribution in [2.45, 2.75) is 94.9 Å². The molecule has 0 saturated carbocycles. The van der Waals surface area contributed by atoms with Gasteiger partial charge in [0.2, 0.25) is 0 Å². The van der Waals surface area contributed by atoms with E-state index in [2.05, 4.69) is 103 Å². The van der Waals surface area contributed by atoms with Gasteiger partial charge < -0.3 is 30.2 Å². The molecule has 1 aliphatic rings. The summed E-state index contributed by atoms with van der Waals surface area (Å²) in [6.07, 6.45) is 1.10. The van der Waals surface area contributed by atoms with Crippen LogP contribution in [0.15, 0.2) is 121 Å². The van der Waals surface area contributed by atoms with Gasteiger partial charge in [-0.05, 0) is 55.9 Å². The molecule has 1 aliphatic heterocycles. The Morgan fingerprint density at radius 1 is 0.825 bits per heavy atom. The zero-order valence-electron chi connectivity index (χ0n) is 34.2. The number of amides is 2. The number of carbonyl (C=O) groups excluding carboxylic acids is 3. The first kappa shape index (κ1) is 43.5. The minimum atomic E-state index is -1.28. The van der Waals surface area contributed by atoms with E-state index in [1.807, 2.05) is 69.3 Å². The number of hydrogen-bond acceptors (Lipinski definition) is 8. The SMILES string of the molecule is CC[C@H](C)C(COC(C)(Cc1ccccc1)C(=O)N[C@@H]1CCOC1=O)NCC(CSC(c1ccccc1)(c1ccccc1)c1ccccc1)NC(=O)OC(C)(C)C. The molecule has 0 aliphatic carbocycles. The molecule has 4 aromatic carbocycles. The van der Waals surface area contributed by atoms with Crippen molar-refractivity contribution in [1.82, 2.24) is 16.0 Å². The van der Waals surface area contributed by atoms with Crippen molar-refractivity contribution >= 4 is 29.7 Å². The molecule has 1 heterocycles. The van der Waals surface area contributed by atoms with Crippen molar-refractivity contribution in [3.63, 3.8) is 0 Å². The van der Waals surface area contributed by atoms with Crippen LogP contribution in [0.1, 0.15) is 76.6 Å². The molecule has 3 N–H and O–H groups in total. The summed E-state index contributed by atoms with van der Waals surface area (Å²) >= 11 is 1.77. The zero-order chi connectivity index (χ0) is 40.9. The number of hydrogen-bond donors (Lipinski definition) is 3. The monoisotopic (exact) mass is 793 g/mol. The number of cyclic esters (lactones) is 1. The van der Waals surface area contributed by atoms with E-state index < -0.39 is 34.1 Å². The summed E-state index contributed by atoms with van der Waals surface area (Å²) in [5.74, 6) is -0.101. The predicted octanol–water partition coefficient (Wildman–Crippen LogP) is 8.06. The van der Waals surface area contributed by atoms with Crippen LogP contribution in [0, 0.1) is 5.92 Å². The van der Waals surface area contributed by atoms with Crippen LogP contribution < -0.4 is 16.0 Å². The summed E-state index contributed by atoms with van der Waals surface area (Å²) in [5.41, 5.74) is 2.37. The van der Waals surface area contributed by atoms with Crippen LogP contribution in [0.3, 0.4) is 0 Å². The number of rotatable bonds is 19. The summed E-state index contributed by atoms with van der Waals surface area (Å²) in [7, 11) is 0. The minimum absolute atomic E-state index is 0.158. The maximum atomic E-state index is 13.9. The van der Waals surface area contributed by atoms with Crippen LogP contribution in [0.25, 0.3) is 0 Å². The summed E-state index contributed by atoms with van der Waals surface area (Å²) in [5, 5.41) is 9.82. The van der Waals surface area contributed by atoms with Crippen LogP contribution >= 0.6 is 11.8 Å². The quantitative estimate of drug-likeness (QED) is 0.0646. The highest BCUT2D eigenvalue weighted by molar-refractivity contribution is 8.00. The molecule has 1 saturated heterocycles. The van der Waals surface area contributed by atoms with E-state index in [1.54, 1.807) is 18.7 Å². The molecular weight excluding hydrogens is 735 g/mol. The Balaban J connectivity index is 1.42. The van der Waals surface area contributed by atoms with Gasteiger partial charge in [-0.2, -0.15) is 0 Å². The van der Waals surface area contributed by atoms with Gasteiger partial charge in [0.25, 0.3) is 5.91 Å². The van der Waals surface area contributed by atoms with Crippen molar-refractivity contribution < 1.29 is 28.6 Å². The van der Waals surface area contributed by atoms with Gasteiger partial charge in [0.1, 0.15) is 17.2 Å². The van der Waals surface area contributed by atoms with E-state index in [9.17, 15) is 14.4 Å². The topological polar surface area (TPSA) is 115 Å². The van der Waals surface area contributed by atoms with Crippen molar-refractivity contribution in [3.8, 4) is 0 Å². The second-order valence-electron chi connectivity index (χ2n) is 16.0. The molecule has 4 aromatic rings. The van der Waals surface area contributed by atoms with Gasteiger partial charge in [-0.1, -0.05) is 142 Å². The third-order valence-electron chi connectivity index (χ3n) is 10.4. The van der Waals surface area contributed by atoms with Crippen molar-refractivity contribution in [2.24, 2.45) is 5.92 Å². The molecule has 2 amide bonds. The Morgan fingerprint density at radius 3 is 1.82 bits per heavy atom. The van der Waals surface area contributed by atoms with Crippen molar-refractivity contribution in [2.75, 3.05) is 25.5 Å². The molecule has 10 heteroatoms. The highest BCUT2D eigenvalue weighted by atomic mass is 32.2. The van der Waals surface area contributed by atoms with Crippen LogP contribution in [-0.2, 0) is 35.0 Å². The molecule has 0 spiro atoms. The number of ether oxygens (including phenoxy) is 3. The van der Waals surface area contributed by atoms with E-state index >= 15 is 0 Å². The zero-order valence-corrected chi connectivity index (χ0v) is 35.0. The largest absolute Gasteiger partial charge is 0.464 e. The Kier molecular flexibility index (Phi) is 15.4. The Hall–Kier alpha value is -4.64. The van der Waals surface area contributed by atoms with Gasteiger partial charge in [0, 0.05) is 31.2 Å². The number of benzene rings is 4. The molecule has 1 fully saturated rings. The average Bonchev–Trinajstić information content (AvgIpc) is 3.61. The van der Waals surface area contributed by atoms with Crippen LogP contribution in [0.2, 0.25) is 0 Å². The Morgan fingerprint density at radius 2 is 1.35 bits per heavy atom. The van der Waals surface area contributed by atoms with E-state index in [0.29, 0.717) is 25.1 Å². The fraction of sp³-hybridized carbons (Fsp3) is 0.426. The number of carbonyl (C=O) groups is 3. The van der Waals surface area contributed by atoms with Gasteiger partial charge in [-0.25, -0.2) is 9.59 Å². The van der Waals surface area contributed by atoms with Crippen molar-refractivity contribution in [1.29, 1.82) is 0 Å². The molecule has 0 aromatic heterocycles. The Labute approximate surface area is 343 Å². The lowest BCUT2D eigenvalue weighted by Gasteiger charge is -2.37. The van der Waals surface area contributed by atoms with E-state index in [0.717, 1.165) is 28.7 Å². The molecule has 5 rings (SSSR count). The molecule has 9 nitrogen and oxygen atoms in total. The highest BCUT2D eigenvalue weighted by Crippen LogP contribution is 2.48. The summed E-state index contributed by atoms with van der Waals surface area (Å²) in [6.45, 7) is 12.5. The molecule has 3 unspecified atom stereocenters. The first-order chi connectivity index (χ1) is 27.3. The number of alkyl carbamates (subject to hydrolysis) is 1. The lowest BCUT2D eigenvalue weighted by molar-refractivity contribution is -0.150. The molecule has 304 valence electrons. The molecule has 57 heavy (non-hydrogen) atoms. The van der Waals surface area contributed by atoms with Gasteiger partial charge in [-0.15, -0.1) is 11.8 Å². The lowest BCUT2D eigenvalue weighted by Crippen LogP contribution is -2.55. The number of nitrogens with one attached hydrogen (secondary N) is 3. The number of esters is 1. The summed E-state index contributed by atoms with van der Waals surface area (Å²) < 4.78 is 17.0. The van der Waals surface area contributed by atoms with E-state index in [4.69, 9.17) is 14.2 Å². The van der Waals surface area contributed by atoms with Gasteiger partial charge in [0.15, 0.2) is 0 Å². The minimum Gasteiger partial charge on any atom is -0.464 e. The second-order valence-corrected chi connectivity index (χ2v) is 17.3. The fourth-order valence-corrected chi connectivity index (χ4v) is 8.58. The highest BCUT2D eigenvalue weighted by Gasteiger charge is 2.41. The predicted molar refractivity (Wildman–Crippen MR) is 228 cm³/mol. The lowest BCUT2D eigenvalue weighted by atomic mass is 9.84. The number of thioether (sulfide) groups is 1. The smallest absolute Gasteiger partial charge is 0.407 e. The van der Waals surface area contributed by atoms with Gasteiger partial charge >= 0.3 is 12.1 Å². The van der Waals surface area contributed by atoms with Crippen LogP contribution in [0.5, 0.6) is 0 Å². The molecule has 5 atom stereocenters. The second kappa shape index (κ2) is 20.2. The first-order valence-electron chi connectivity index (χ1n) is 20.0. The standard InChI is InChI=1S/C47H59N3O6S/c1-7-34(2)41(32-55-46(6,30-35-20-12-8-13-21-35)43(52)50-40-28-29-54-42(40)51)48-31-39(49-44(53)56-45(3,4)5)33-57-47(36-22-14-9-15-23-36,37-24-16-10-17-25-37)38-26-18-11-19-27-38/h8-27,34,39-41,48H,7,28-33H2,1-6H3,(H,49,53)(H,50,52)/t34-,39?,40+,41?,46?/m0/s1. The summed E-state index contributed by atoms with van der Waals surface area (Å²) in [4.78, 5) is 39.7. The normalized spacial score (nSPS) is 17.1. The third-order valence-corrected chi connectivity index (χ3v) is 12.1. The average molecular weight is 794 g/mol. The Bertz CT molecular complexity index is 1760.